The fourth-order valence-corrected chi connectivity index (χ4v) is 2.88. The molecule has 0 aliphatic carbocycles. The summed E-state index contributed by atoms with van der Waals surface area (Å²) in [6, 6.07) is 9.59. The second-order valence-electron chi connectivity index (χ2n) is 5.78. The molecule has 0 aliphatic rings. The molecule has 122 valence electrons. The van der Waals surface area contributed by atoms with Crippen molar-refractivity contribution in [1.29, 1.82) is 0 Å². The first-order chi connectivity index (χ1) is 11.0. The van der Waals surface area contributed by atoms with Gasteiger partial charge in [-0.15, -0.1) is 0 Å². The summed E-state index contributed by atoms with van der Waals surface area (Å²) in [7, 11) is 0. The van der Waals surface area contributed by atoms with Gasteiger partial charge in [0.1, 0.15) is 0 Å². The number of aryl methyl sites for hydroxylation is 1. The first-order valence-corrected chi connectivity index (χ1v) is 8.66. The van der Waals surface area contributed by atoms with Gasteiger partial charge in [-0.3, -0.25) is 9.59 Å². The van der Waals surface area contributed by atoms with Crippen molar-refractivity contribution in [2.45, 2.75) is 39.2 Å². The maximum Gasteiger partial charge on any atom is 0.224 e. The normalized spacial score (nSPS) is 10.6. The number of hydrogen-bond donors (Lipinski definition) is 2. The number of carbonyl (C=O) groups is 2. The van der Waals surface area contributed by atoms with Gasteiger partial charge in [0.15, 0.2) is 0 Å². The Balaban J connectivity index is 1.80. The number of rotatable bonds is 7. The van der Waals surface area contributed by atoms with Crippen molar-refractivity contribution in [3.63, 3.8) is 0 Å². The van der Waals surface area contributed by atoms with Gasteiger partial charge in [0.25, 0.3) is 0 Å². The smallest absolute Gasteiger partial charge is 0.224 e. The molecule has 0 aliphatic heterocycles. The molecule has 0 saturated carbocycles. The Morgan fingerprint density at radius 3 is 2.39 bits per heavy atom. The van der Waals surface area contributed by atoms with E-state index in [1.165, 1.54) is 5.56 Å². The van der Waals surface area contributed by atoms with Gasteiger partial charge in [-0.25, -0.2) is 0 Å². The summed E-state index contributed by atoms with van der Waals surface area (Å²) < 4.78 is 0. The average molecular weight is 330 g/mol. The number of hydrogen-bond acceptors (Lipinski definition) is 3. The molecule has 2 rings (SSSR count). The SMILES string of the molecule is CC(C)NC(=O)Cc1ccc(NC(=O)CCc2ccsc2)cc1. The van der Waals surface area contributed by atoms with Crippen molar-refractivity contribution in [2.75, 3.05) is 5.32 Å². The van der Waals surface area contributed by atoms with Crippen LogP contribution in [0, 0.1) is 0 Å². The van der Waals surface area contributed by atoms with Gasteiger partial charge in [0.05, 0.1) is 6.42 Å². The summed E-state index contributed by atoms with van der Waals surface area (Å²) in [6.07, 6.45) is 1.57. The molecule has 0 atom stereocenters. The number of benzene rings is 1. The van der Waals surface area contributed by atoms with Gasteiger partial charge in [-0.05, 0) is 60.4 Å². The zero-order chi connectivity index (χ0) is 16.7. The minimum absolute atomic E-state index is 0.00139. The van der Waals surface area contributed by atoms with E-state index in [1.54, 1.807) is 11.3 Å². The summed E-state index contributed by atoms with van der Waals surface area (Å²) in [5.41, 5.74) is 2.88. The minimum Gasteiger partial charge on any atom is -0.354 e. The molecule has 1 heterocycles. The predicted molar refractivity (Wildman–Crippen MR) is 94.7 cm³/mol. The number of amides is 2. The van der Waals surface area contributed by atoms with Gasteiger partial charge < -0.3 is 10.6 Å². The van der Waals surface area contributed by atoms with Crippen LogP contribution in [0.4, 0.5) is 5.69 Å². The van der Waals surface area contributed by atoms with Crippen molar-refractivity contribution >= 4 is 28.8 Å². The molecular formula is C18H22N2O2S. The molecule has 1 aromatic heterocycles. The highest BCUT2D eigenvalue weighted by molar-refractivity contribution is 7.07. The lowest BCUT2D eigenvalue weighted by Crippen LogP contribution is -2.31. The summed E-state index contributed by atoms with van der Waals surface area (Å²) >= 11 is 1.64. The fraction of sp³-hybridized carbons (Fsp3) is 0.333. The summed E-state index contributed by atoms with van der Waals surface area (Å²) in [5, 5.41) is 9.82. The van der Waals surface area contributed by atoms with Crippen LogP contribution in [0.5, 0.6) is 0 Å². The van der Waals surface area contributed by atoms with Crippen molar-refractivity contribution in [3.05, 3.63) is 52.2 Å². The van der Waals surface area contributed by atoms with E-state index in [1.807, 2.05) is 49.6 Å². The number of carbonyl (C=O) groups excluding carboxylic acids is 2. The van der Waals surface area contributed by atoms with E-state index in [2.05, 4.69) is 16.0 Å². The molecule has 23 heavy (non-hydrogen) atoms. The van der Waals surface area contributed by atoms with Crippen LogP contribution < -0.4 is 10.6 Å². The Kier molecular flexibility index (Phi) is 6.35. The van der Waals surface area contributed by atoms with Gasteiger partial charge in [-0.2, -0.15) is 11.3 Å². The van der Waals surface area contributed by atoms with E-state index >= 15 is 0 Å². The van der Waals surface area contributed by atoms with Crippen LogP contribution in [0.25, 0.3) is 0 Å². The van der Waals surface area contributed by atoms with E-state index in [9.17, 15) is 9.59 Å². The standard InChI is InChI=1S/C18H22N2O2S/c1-13(2)19-18(22)11-14-3-6-16(7-4-14)20-17(21)8-5-15-9-10-23-12-15/h3-4,6-7,9-10,12-13H,5,8,11H2,1-2H3,(H,19,22)(H,20,21). The van der Waals surface area contributed by atoms with Crippen molar-refractivity contribution in [2.24, 2.45) is 0 Å². The maximum absolute atomic E-state index is 11.9. The highest BCUT2D eigenvalue weighted by Gasteiger charge is 2.06. The summed E-state index contributed by atoms with van der Waals surface area (Å²) in [6.45, 7) is 3.87. The number of anilines is 1. The van der Waals surface area contributed by atoms with Crippen LogP contribution in [0.2, 0.25) is 0 Å². The molecule has 2 N–H and O–H groups in total. The predicted octanol–water partition coefficient (Wildman–Crippen LogP) is 3.39. The minimum atomic E-state index is 0.00139. The van der Waals surface area contributed by atoms with Crippen LogP contribution in [0.3, 0.4) is 0 Å². The van der Waals surface area contributed by atoms with E-state index in [-0.39, 0.29) is 17.9 Å². The van der Waals surface area contributed by atoms with Crippen LogP contribution >= 0.6 is 11.3 Å². The molecule has 0 radical (unpaired) electrons. The number of thiophene rings is 1. The Bertz CT molecular complexity index is 634. The molecule has 2 aromatic rings. The van der Waals surface area contributed by atoms with Crippen molar-refractivity contribution in [3.8, 4) is 0 Å². The van der Waals surface area contributed by atoms with E-state index in [4.69, 9.17) is 0 Å². The van der Waals surface area contributed by atoms with Crippen molar-refractivity contribution in [1.82, 2.24) is 5.32 Å². The van der Waals surface area contributed by atoms with Crippen LogP contribution in [-0.2, 0) is 22.4 Å². The third-order valence-corrected chi connectivity index (χ3v) is 4.00. The first kappa shape index (κ1) is 17.2. The lowest BCUT2D eigenvalue weighted by atomic mass is 10.1. The molecule has 0 saturated heterocycles. The Hall–Kier alpha value is -2.14. The third kappa shape index (κ3) is 6.24. The fourth-order valence-electron chi connectivity index (χ4n) is 2.18. The van der Waals surface area contributed by atoms with Crippen LogP contribution in [-0.4, -0.2) is 17.9 Å². The molecule has 0 unspecified atom stereocenters. The topological polar surface area (TPSA) is 58.2 Å². The molecule has 5 heteroatoms. The second-order valence-corrected chi connectivity index (χ2v) is 6.56. The Labute approximate surface area is 140 Å². The number of nitrogens with one attached hydrogen (secondary N) is 2. The van der Waals surface area contributed by atoms with Gasteiger partial charge in [0, 0.05) is 18.2 Å². The van der Waals surface area contributed by atoms with E-state index < -0.39 is 0 Å². The van der Waals surface area contributed by atoms with Crippen LogP contribution in [0.1, 0.15) is 31.4 Å². The molecule has 1 aromatic carbocycles. The lowest BCUT2D eigenvalue weighted by molar-refractivity contribution is -0.121. The van der Waals surface area contributed by atoms with E-state index in [0.717, 1.165) is 17.7 Å². The molecule has 4 nitrogen and oxygen atoms in total. The highest BCUT2D eigenvalue weighted by atomic mass is 32.1. The maximum atomic E-state index is 11.9. The zero-order valence-corrected chi connectivity index (χ0v) is 14.3. The lowest BCUT2D eigenvalue weighted by Gasteiger charge is -2.09. The van der Waals surface area contributed by atoms with Gasteiger partial charge >= 0.3 is 0 Å². The molecule has 0 fully saturated rings. The van der Waals surface area contributed by atoms with Gasteiger partial charge in [-0.1, -0.05) is 12.1 Å². The van der Waals surface area contributed by atoms with E-state index in [0.29, 0.717) is 12.8 Å². The molecule has 0 spiro atoms. The zero-order valence-electron chi connectivity index (χ0n) is 13.5. The van der Waals surface area contributed by atoms with Gasteiger partial charge in [0.2, 0.25) is 11.8 Å². The summed E-state index contributed by atoms with van der Waals surface area (Å²) in [5.74, 6) is 0.00838. The Morgan fingerprint density at radius 1 is 1.04 bits per heavy atom. The summed E-state index contributed by atoms with van der Waals surface area (Å²) in [4.78, 5) is 23.6. The molecule has 0 bridgehead atoms. The Morgan fingerprint density at radius 2 is 1.78 bits per heavy atom. The average Bonchev–Trinajstić information content (AvgIpc) is 3.00. The molecular weight excluding hydrogens is 308 g/mol. The quantitative estimate of drug-likeness (QED) is 0.817. The largest absolute Gasteiger partial charge is 0.354 e. The monoisotopic (exact) mass is 330 g/mol. The second kappa shape index (κ2) is 8.48. The van der Waals surface area contributed by atoms with Crippen LogP contribution in [0.15, 0.2) is 41.1 Å². The molecule has 2 amide bonds. The van der Waals surface area contributed by atoms with Crippen molar-refractivity contribution < 1.29 is 9.59 Å². The first-order valence-electron chi connectivity index (χ1n) is 7.72. The third-order valence-electron chi connectivity index (χ3n) is 3.27. The highest BCUT2D eigenvalue weighted by Crippen LogP contribution is 2.12.